The van der Waals surface area contributed by atoms with Crippen molar-refractivity contribution < 1.29 is 8.78 Å². The molecule has 1 aliphatic carbocycles. The first-order chi connectivity index (χ1) is 6.55. The molecular formula is C9H14F2N2S. The molecule has 0 aromatic rings. The Morgan fingerprint density at radius 1 is 1.57 bits per heavy atom. The minimum absolute atomic E-state index is 0.0584. The smallest absolute Gasteiger partial charge is 0.248 e. The largest absolute Gasteiger partial charge is 0.361 e. The molecule has 1 heterocycles. The maximum atomic E-state index is 12.5. The summed E-state index contributed by atoms with van der Waals surface area (Å²) < 4.78 is 25.0. The van der Waals surface area contributed by atoms with E-state index in [4.69, 9.17) is 0 Å². The van der Waals surface area contributed by atoms with Gasteiger partial charge in [0.2, 0.25) is 5.92 Å². The second-order valence-electron chi connectivity index (χ2n) is 4.13. The van der Waals surface area contributed by atoms with Gasteiger partial charge in [0.1, 0.15) is 0 Å². The lowest BCUT2D eigenvalue weighted by Gasteiger charge is -2.34. The number of rotatable bonds is 2. The molecule has 1 saturated carbocycles. The van der Waals surface area contributed by atoms with Crippen molar-refractivity contribution in [2.45, 2.75) is 31.7 Å². The molecule has 0 aromatic heterocycles. The van der Waals surface area contributed by atoms with Crippen LogP contribution in [-0.2, 0) is 0 Å². The molecule has 1 fully saturated rings. The van der Waals surface area contributed by atoms with E-state index in [-0.39, 0.29) is 18.8 Å². The molecule has 0 amide bonds. The van der Waals surface area contributed by atoms with E-state index in [0.717, 1.165) is 17.5 Å². The van der Waals surface area contributed by atoms with Gasteiger partial charge in [-0.2, -0.15) is 0 Å². The summed E-state index contributed by atoms with van der Waals surface area (Å²) in [5, 5.41) is 4.13. The molecule has 1 N–H and O–H groups in total. The van der Waals surface area contributed by atoms with E-state index < -0.39 is 5.92 Å². The van der Waals surface area contributed by atoms with Gasteiger partial charge in [-0.15, -0.1) is 0 Å². The van der Waals surface area contributed by atoms with Crippen LogP contribution in [0.2, 0.25) is 0 Å². The van der Waals surface area contributed by atoms with Gasteiger partial charge in [-0.25, -0.2) is 8.78 Å². The lowest BCUT2D eigenvalue weighted by molar-refractivity contribution is -0.103. The lowest BCUT2D eigenvalue weighted by atomic mass is 9.83. The van der Waals surface area contributed by atoms with E-state index in [2.05, 4.69) is 17.2 Å². The molecule has 0 bridgehead atoms. The topological polar surface area (TPSA) is 24.4 Å². The predicted octanol–water partition coefficient (Wildman–Crippen LogP) is 2.11. The number of alkyl halides is 2. The molecule has 14 heavy (non-hydrogen) atoms. The Morgan fingerprint density at radius 2 is 2.29 bits per heavy atom. The molecule has 5 heteroatoms. The fraction of sp³-hybridized carbons (Fsp3) is 0.889. The normalized spacial score (nSPS) is 30.8. The Bertz CT molecular complexity index is 247. The molecule has 0 radical (unpaired) electrons. The molecule has 80 valence electrons. The van der Waals surface area contributed by atoms with Crippen molar-refractivity contribution in [3.63, 3.8) is 0 Å². The summed E-state index contributed by atoms with van der Waals surface area (Å²) in [6.45, 7) is 2.87. The van der Waals surface area contributed by atoms with Gasteiger partial charge in [-0.3, -0.25) is 4.99 Å². The Kier molecular flexibility index (Phi) is 2.68. The molecule has 1 unspecified atom stereocenters. The van der Waals surface area contributed by atoms with Gasteiger partial charge >= 0.3 is 0 Å². The molecule has 2 aliphatic rings. The summed E-state index contributed by atoms with van der Waals surface area (Å²) in [5.41, 5.74) is 0. The summed E-state index contributed by atoms with van der Waals surface area (Å²) in [5.74, 6) is -1.44. The second kappa shape index (κ2) is 3.68. The van der Waals surface area contributed by atoms with E-state index >= 15 is 0 Å². The molecular weight excluding hydrogens is 206 g/mol. The summed E-state index contributed by atoms with van der Waals surface area (Å²) in [6.07, 6.45) is 0.117. The molecule has 2 rings (SSSR count). The molecule has 0 saturated heterocycles. The molecule has 2 nitrogen and oxygen atoms in total. The average Bonchev–Trinajstić information content (AvgIpc) is 2.44. The standard InChI is InChI=1S/C9H14F2N2S/c1-6-4-12-8(13-6)14-5-7-2-9(10,11)3-7/h6-7H,2-5H2,1H3,(H,12,13). The average molecular weight is 220 g/mol. The van der Waals surface area contributed by atoms with E-state index in [0.29, 0.717) is 6.04 Å². The highest BCUT2D eigenvalue weighted by molar-refractivity contribution is 8.13. The third-order valence-corrected chi connectivity index (χ3v) is 3.67. The van der Waals surface area contributed by atoms with Crippen LogP contribution >= 0.6 is 11.8 Å². The first-order valence-electron chi connectivity index (χ1n) is 4.87. The zero-order valence-electron chi connectivity index (χ0n) is 8.09. The maximum Gasteiger partial charge on any atom is 0.248 e. The number of aliphatic imine (C=N–C) groups is 1. The van der Waals surface area contributed by atoms with Crippen LogP contribution in [0.1, 0.15) is 19.8 Å². The number of nitrogens with zero attached hydrogens (tertiary/aromatic N) is 1. The third-order valence-electron chi connectivity index (χ3n) is 2.51. The van der Waals surface area contributed by atoms with E-state index in [1.165, 1.54) is 0 Å². The van der Waals surface area contributed by atoms with Crippen molar-refractivity contribution in [2.75, 3.05) is 12.3 Å². The first-order valence-corrected chi connectivity index (χ1v) is 5.85. The molecule has 1 atom stereocenters. The molecule has 1 aliphatic heterocycles. The fourth-order valence-electron chi connectivity index (χ4n) is 1.71. The van der Waals surface area contributed by atoms with E-state index in [1.54, 1.807) is 11.8 Å². The van der Waals surface area contributed by atoms with Crippen molar-refractivity contribution in [1.29, 1.82) is 0 Å². The van der Waals surface area contributed by atoms with Crippen LogP contribution in [0.25, 0.3) is 0 Å². The van der Waals surface area contributed by atoms with Gasteiger partial charge in [0.05, 0.1) is 6.54 Å². The van der Waals surface area contributed by atoms with Gasteiger partial charge in [-0.05, 0) is 12.8 Å². The van der Waals surface area contributed by atoms with Crippen molar-refractivity contribution in [3.8, 4) is 0 Å². The summed E-state index contributed by atoms with van der Waals surface area (Å²) in [6, 6.07) is 0.403. The van der Waals surface area contributed by atoms with Crippen molar-refractivity contribution in [1.82, 2.24) is 5.32 Å². The highest BCUT2D eigenvalue weighted by atomic mass is 32.2. The Labute approximate surface area is 86.5 Å². The molecule has 0 spiro atoms. The zero-order valence-corrected chi connectivity index (χ0v) is 8.91. The summed E-state index contributed by atoms with van der Waals surface area (Å²) in [4.78, 5) is 4.26. The number of nitrogens with one attached hydrogen (secondary N) is 1. The van der Waals surface area contributed by atoms with Crippen molar-refractivity contribution >= 4 is 16.9 Å². The van der Waals surface area contributed by atoms with Gasteiger partial charge < -0.3 is 5.32 Å². The minimum atomic E-state index is -2.39. The number of halogens is 2. The quantitative estimate of drug-likeness (QED) is 0.770. The predicted molar refractivity (Wildman–Crippen MR) is 55.0 cm³/mol. The van der Waals surface area contributed by atoms with Gasteiger partial charge in [0, 0.05) is 24.6 Å². The summed E-state index contributed by atoms with van der Waals surface area (Å²) >= 11 is 1.58. The van der Waals surface area contributed by atoms with E-state index in [9.17, 15) is 8.78 Å². The third kappa shape index (κ3) is 2.38. The number of amidine groups is 1. The first kappa shape index (κ1) is 10.2. The number of hydrogen-bond donors (Lipinski definition) is 1. The number of thioether (sulfide) groups is 1. The maximum absolute atomic E-state index is 12.5. The van der Waals surface area contributed by atoms with Gasteiger partial charge in [0.25, 0.3) is 0 Å². The van der Waals surface area contributed by atoms with Crippen LogP contribution < -0.4 is 5.32 Å². The van der Waals surface area contributed by atoms with Gasteiger partial charge in [0.15, 0.2) is 5.17 Å². The van der Waals surface area contributed by atoms with Crippen LogP contribution in [0.15, 0.2) is 4.99 Å². The SMILES string of the molecule is CC1CN=C(SCC2CC(F)(F)C2)N1. The minimum Gasteiger partial charge on any atom is -0.361 e. The number of hydrogen-bond acceptors (Lipinski definition) is 3. The second-order valence-corrected chi connectivity index (χ2v) is 5.14. The summed E-state index contributed by atoms with van der Waals surface area (Å²) in [7, 11) is 0. The van der Waals surface area contributed by atoms with Crippen LogP contribution in [0, 0.1) is 5.92 Å². The monoisotopic (exact) mass is 220 g/mol. The zero-order chi connectivity index (χ0) is 10.2. The Balaban J connectivity index is 1.65. The van der Waals surface area contributed by atoms with Crippen LogP contribution in [0.5, 0.6) is 0 Å². The Morgan fingerprint density at radius 3 is 2.79 bits per heavy atom. The van der Waals surface area contributed by atoms with E-state index in [1.807, 2.05) is 0 Å². The lowest BCUT2D eigenvalue weighted by Crippen LogP contribution is -2.37. The highest BCUT2D eigenvalue weighted by Gasteiger charge is 2.45. The van der Waals surface area contributed by atoms with Crippen LogP contribution in [0.3, 0.4) is 0 Å². The molecule has 0 aromatic carbocycles. The Hall–Kier alpha value is -0.320. The van der Waals surface area contributed by atoms with Crippen molar-refractivity contribution in [2.24, 2.45) is 10.9 Å². The fourth-order valence-corrected chi connectivity index (χ4v) is 2.79. The van der Waals surface area contributed by atoms with Crippen LogP contribution in [0.4, 0.5) is 8.78 Å². The van der Waals surface area contributed by atoms with Gasteiger partial charge in [-0.1, -0.05) is 11.8 Å². The van der Waals surface area contributed by atoms with Crippen molar-refractivity contribution in [3.05, 3.63) is 0 Å². The van der Waals surface area contributed by atoms with Crippen LogP contribution in [-0.4, -0.2) is 29.4 Å². The highest BCUT2D eigenvalue weighted by Crippen LogP contribution is 2.43.